The monoisotopic (exact) mass is 291 g/mol. The quantitative estimate of drug-likeness (QED) is 0.747. The van der Waals surface area contributed by atoms with Crippen LogP contribution in [0.25, 0.3) is 0 Å². The highest BCUT2D eigenvalue weighted by molar-refractivity contribution is 6.01. The minimum absolute atomic E-state index is 0.144. The first-order chi connectivity index (χ1) is 10.1. The number of rotatable bonds is 3. The van der Waals surface area contributed by atoms with Crippen LogP contribution in [0.5, 0.6) is 0 Å². The molecule has 0 aromatic heterocycles. The van der Waals surface area contributed by atoms with Gasteiger partial charge in [-0.15, -0.1) is 0 Å². The van der Waals surface area contributed by atoms with Gasteiger partial charge in [-0.2, -0.15) is 0 Å². The van der Waals surface area contributed by atoms with Crippen LogP contribution in [0.15, 0.2) is 35.5 Å². The van der Waals surface area contributed by atoms with E-state index in [1.54, 1.807) is 0 Å². The van der Waals surface area contributed by atoms with Crippen LogP contribution in [0.1, 0.15) is 11.6 Å². The number of carbonyl (C=O) groups is 2. The Labute approximate surface area is 120 Å². The lowest BCUT2D eigenvalue weighted by Gasteiger charge is -2.25. The van der Waals surface area contributed by atoms with E-state index in [-0.39, 0.29) is 31.4 Å². The van der Waals surface area contributed by atoms with Gasteiger partial charge in [-0.05, 0) is 17.7 Å². The van der Waals surface area contributed by atoms with E-state index in [0.29, 0.717) is 16.8 Å². The van der Waals surface area contributed by atoms with Gasteiger partial charge in [0.25, 0.3) is 5.91 Å². The van der Waals surface area contributed by atoms with Gasteiger partial charge in [-0.25, -0.2) is 9.18 Å². The molecule has 6 nitrogen and oxygen atoms in total. The third-order valence-corrected chi connectivity index (χ3v) is 3.59. The molecule has 1 aromatic rings. The molecule has 1 aromatic carbocycles. The van der Waals surface area contributed by atoms with E-state index in [1.807, 2.05) is 0 Å². The van der Waals surface area contributed by atoms with E-state index < -0.39 is 12.1 Å². The molecule has 3 N–H and O–H groups in total. The number of β-amino-alcohol motifs (C(OH)–C–C–N with tert-alkyl or cyclic N) is 1. The van der Waals surface area contributed by atoms with Gasteiger partial charge >= 0.3 is 6.03 Å². The molecule has 0 unspecified atom stereocenters. The van der Waals surface area contributed by atoms with Crippen LogP contribution < -0.4 is 10.6 Å². The van der Waals surface area contributed by atoms with Gasteiger partial charge in [-0.3, -0.25) is 4.79 Å². The Kier molecular flexibility index (Phi) is 3.34. The smallest absolute Gasteiger partial charge is 0.319 e. The molecule has 7 heteroatoms. The second-order valence-electron chi connectivity index (χ2n) is 4.93. The molecule has 0 saturated carbocycles. The maximum Gasteiger partial charge on any atom is 0.319 e. The zero-order chi connectivity index (χ0) is 15.0. The van der Waals surface area contributed by atoms with Crippen LogP contribution >= 0.6 is 0 Å². The van der Waals surface area contributed by atoms with Crippen LogP contribution in [0.4, 0.5) is 9.18 Å². The van der Waals surface area contributed by atoms with E-state index in [9.17, 15) is 14.0 Å². The number of aliphatic hydroxyl groups is 1. The SMILES string of the molecule is O=C1NC2=C(C(=O)N(CCO)C2)[C@H](c2ccc(F)cc2)N1. The summed E-state index contributed by atoms with van der Waals surface area (Å²) in [5.41, 5.74) is 1.61. The molecule has 0 aliphatic carbocycles. The predicted molar refractivity (Wildman–Crippen MR) is 71.5 cm³/mol. The molecule has 0 saturated heterocycles. The Morgan fingerprint density at radius 1 is 1.29 bits per heavy atom. The number of aliphatic hydroxyl groups excluding tert-OH is 1. The minimum atomic E-state index is -0.606. The van der Waals surface area contributed by atoms with Crippen molar-refractivity contribution in [3.05, 3.63) is 46.9 Å². The molecule has 21 heavy (non-hydrogen) atoms. The first kappa shape index (κ1) is 13.6. The molecule has 3 rings (SSSR count). The fourth-order valence-corrected chi connectivity index (χ4v) is 2.63. The van der Waals surface area contributed by atoms with Crippen molar-refractivity contribution < 1.29 is 19.1 Å². The zero-order valence-corrected chi connectivity index (χ0v) is 11.1. The molecular formula is C14H14FN3O3. The number of halogens is 1. The van der Waals surface area contributed by atoms with E-state index in [4.69, 9.17) is 5.11 Å². The topological polar surface area (TPSA) is 81.7 Å². The van der Waals surface area contributed by atoms with Crippen LogP contribution in [-0.4, -0.2) is 41.6 Å². The number of nitrogens with one attached hydrogen (secondary N) is 2. The van der Waals surface area contributed by atoms with Gasteiger partial charge in [0, 0.05) is 6.54 Å². The van der Waals surface area contributed by atoms with Crippen LogP contribution in [0, 0.1) is 5.82 Å². The van der Waals surface area contributed by atoms with Gasteiger partial charge in [0.15, 0.2) is 0 Å². The van der Waals surface area contributed by atoms with Crippen molar-refractivity contribution in [1.82, 2.24) is 15.5 Å². The molecule has 0 radical (unpaired) electrons. The first-order valence-electron chi connectivity index (χ1n) is 6.56. The Bertz CT molecular complexity index is 627. The molecule has 110 valence electrons. The lowest BCUT2D eigenvalue weighted by atomic mass is 9.96. The summed E-state index contributed by atoms with van der Waals surface area (Å²) in [7, 11) is 0. The summed E-state index contributed by atoms with van der Waals surface area (Å²) >= 11 is 0. The van der Waals surface area contributed by atoms with Crippen molar-refractivity contribution in [2.24, 2.45) is 0 Å². The van der Waals surface area contributed by atoms with Crippen LogP contribution in [0.3, 0.4) is 0 Å². The number of hydrogen-bond acceptors (Lipinski definition) is 3. The first-order valence-corrected chi connectivity index (χ1v) is 6.56. The molecule has 2 aliphatic heterocycles. The lowest BCUT2D eigenvalue weighted by Crippen LogP contribution is -2.44. The Morgan fingerprint density at radius 3 is 2.67 bits per heavy atom. The van der Waals surface area contributed by atoms with Crippen molar-refractivity contribution in [2.75, 3.05) is 19.7 Å². The minimum Gasteiger partial charge on any atom is -0.395 e. The standard InChI is InChI=1S/C14H14FN3O3/c15-9-3-1-8(2-4-9)12-11-10(16-14(21)17-12)7-18(5-6-19)13(11)20/h1-4,12,19H,5-7H2,(H2,16,17,21)/t12-/m0/s1. The van der Waals surface area contributed by atoms with Crippen molar-refractivity contribution in [3.63, 3.8) is 0 Å². The Morgan fingerprint density at radius 2 is 2.00 bits per heavy atom. The van der Waals surface area contributed by atoms with E-state index in [1.165, 1.54) is 29.2 Å². The van der Waals surface area contributed by atoms with E-state index in [0.717, 1.165) is 0 Å². The molecule has 0 spiro atoms. The Hall–Kier alpha value is -2.41. The summed E-state index contributed by atoms with van der Waals surface area (Å²) in [6, 6.07) is 4.65. The largest absolute Gasteiger partial charge is 0.395 e. The summed E-state index contributed by atoms with van der Waals surface area (Å²) in [6.07, 6.45) is 0. The van der Waals surface area contributed by atoms with Gasteiger partial charge in [-0.1, -0.05) is 12.1 Å². The zero-order valence-electron chi connectivity index (χ0n) is 11.1. The highest BCUT2D eigenvalue weighted by atomic mass is 19.1. The predicted octanol–water partition coefficient (Wildman–Crippen LogP) is 0.268. The average molecular weight is 291 g/mol. The van der Waals surface area contributed by atoms with E-state index in [2.05, 4.69) is 10.6 Å². The molecule has 0 fully saturated rings. The maximum atomic E-state index is 13.0. The number of amides is 3. The summed E-state index contributed by atoms with van der Waals surface area (Å²) in [6.45, 7) is 0.326. The number of hydrogen-bond donors (Lipinski definition) is 3. The summed E-state index contributed by atoms with van der Waals surface area (Å²) < 4.78 is 13.0. The maximum absolute atomic E-state index is 13.0. The second-order valence-corrected chi connectivity index (χ2v) is 4.93. The molecule has 2 heterocycles. The normalized spacial score (nSPS) is 21.2. The van der Waals surface area contributed by atoms with E-state index >= 15 is 0 Å². The van der Waals surface area contributed by atoms with Gasteiger partial charge < -0.3 is 20.6 Å². The number of benzene rings is 1. The fraction of sp³-hybridized carbons (Fsp3) is 0.286. The second kappa shape index (κ2) is 5.17. The summed E-state index contributed by atoms with van der Waals surface area (Å²) in [5.74, 6) is -0.617. The number of nitrogens with zero attached hydrogens (tertiary/aromatic N) is 1. The summed E-state index contributed by atoms with van der Waals surface area (Å²) in [5, 5.41) is 14.3. The van der Waals surface area contributed by atoms with Crippen molar-refractivity contribution in [2.45, 2.75) is 6.04 Å². The molecule has 1 atom stereocenters. The number of carbonyl (C=O) groups excluding carboxylic acids is 2. The summed E-state index contributed by atoms with van der Waals surface area (Å²) in [4.78, 5) is 25.6. The van der Waals surface area contributed by atoms with Crippen LogP contribution in [-0.2, 0) is 4.79 Å². The van der Waals surface area contributed by atoms with Gasteiger partial charge in [0.2, 0.25) is 0 Å². The average Bonchev–Trinajstić information content (AvgIpc) is 2.76. The molecule has 0 bridgehead atoms. The van der Waals surface area contributed by atoms with Crippen molar-refractivity contribution in [3.8, 4) is 0 Å². The van der Waals surface area contributed by atoms with Crippen molar-refractivity contribution >= 4 is 11.9 Å². The molecular weight excluding hydrogens is 277 g/mol. The van der Waals surface area contributed by atoms with Crippen LogP contribution in [0.2, 0.25) is 0 Å². The third kappa shape index (κ3) is 2.36. The van der Waals surface area contributed by atoms with Crippen molar-refractivity contribution in [1.29, 1.82) is 0 Å². The van der Waals surface area contributed by atoms with Gasteiger partial charge in [0.05, 0.1) is 30.5 Å². The number of urea groups is 1. The molecule has 3 amide bonds. The van der Waals surface area contributed by atoms with Gasteiger partial charge in [0.1, 0.15) is 5.82 Å². The Balaban J connectivity index is 1.96. The third-order valence-electron chi connectivity index (χ3n) is 3.59. The highest BCUT2D eigenvalue weighted by Crippen LogP contribution is 2.32. The highest BCUT2D eigenvalue weighted by Gasteiger charge is 2.39. The lowest BCUT2D eigenvalue weighted by molar-refractivity contribution is -0.126. The molecule has 2 aliphatic rings. The fourth-order valence-electron chi connectivity index (χ4n) is 2.63.